The van der Waals surface area contributed by atoms with Gasteiger partial charge in [0.15, 0.2) is 5.03 Å². The largest absolute Gasteiger partial charge is 0.422 e. The van der Waals surface area contributed by atoms with Crippen molar-refractivity contribution in [3.8, 4) is 5.75 Å². The highest BCUT2D eigenvalue weighted by Crippen LogP contribution is 2.24. The molecule has 1 amide bonds. The van der Waals surface area contributed by atoms with E-state index in [2.05, 4.69) is 28.0 Å². The van der Waals surface area contributed by atoms with Gasteiger partial charge < -0.3 is 14.4 Å². The van der Waals surface area contributed by atoms with Crippen molar-refractivity contribution >= 4 is 28.0 Å². The number of amides is 1. The van der Waals surface area contributed by atoms with Gasteiger partial charge in [-0.2, -0.15) is 0 Å². The predicted octanol–water partition coefficient (Wildman–Crippen LogP) is 2.40. The molecule has 2 aliphatic heterocycles. The van der Waals surface area contributed by atoms with Crippen LogP contribution in [0.2, 0.25) is 0 Å². The standard InChI is InChI=1S/C16H19BrN4O5/c1-11-9-25-10-12(11)8-19-5-6-20(15(19)18-21(23)24)16(22)26-14-4-2-3-13(17)7-14/h2-4,7,11-12H,5-6,8-10H2,1H3. The lowest BCUT2D eigenvalue weighted by Gasteiger charge is -2.23. The van der Waals surface area contributed by atoms with Crippen molar-refractivity contribution in [3.63, 3.8) is 0 Å². The van der Waals surface area contributed by atoms with Crippen LogP contribution >= 0.6 is 15.9 Å². The number of rotatable bonds is 4. The Balaban J connectivity index is 1.73. The molecule has 1 aromatic rings. The molecule has 1 aromatic carbocycles. The highest BCUT2D eigenvalue weighted by atomic mass is 79.9. The second kappa shape index (κ2) is 8.00. The number of hydrogen-bond donors (Lipinski definition) is 0. The third kappa shape index (κ3) is 4.31. The van der Waals surface area contributed by atoms with Gasteiger partial charge in [0.25, 0.3) is 5.96 Å². The van der Waals surface area contributed by atoms with Crippen molar-refractivity contribution < 1.29 is 19.3 Å². The summed E-state index contributed by atoms with van der Waals surface area (Å²) in [6, 6.07) is 6.82. The first-order chi connectivity index (χ1) is 12.4. The fraction of sp³-hybridized carbons (Fsp3) is 0.500. The fourth-order valence-corrected chi connectivity index (χ4v) is 3.41. The molecule has 2 saturated heterocycles. The monoisotopic (exact) mass is 426 g/mol. The molecule has 0 N–H and O–H groups in total. The summed E-state index contributed by atoms with van der Waals surface area (Å²) in [7, 11) is 0. The Morgan fingerprint density at radius 2 is 2.27 bits per heavy atom. The zero-order chi connectivity index (χ0) is 18.7. The van der Waals surface area contributed by atoms with Gasteiger partial charge in [-0.25, -0.2) is 19.8 Å². The van der Waals surface area contributed by atoms with Gasteiger partial charge in [-0.3, -0.25) is 0 Å². The number of nitro groups is 1. The zero-order valence-corrected chi connectivity index (χ0v) is 15.8. The minimum absolute atomic E-state index is 0.00842. The van der Waals surface area contributed by atoms with Gasteiger partial charge in [-0.1, -0.05) is 28.9 Å². The number of nitrogens with zero attached hydrogens (tertiary/aromatic N) is 4. The maximum absolute atomic E-state index is 12.5. The molecule has 0 bridgehead atoms. The molecule has 2 fully saturated rings. The van der Waals surface area contributed by atoms with E-state index in [4.69, 9.17) is 9.47 Å². The van der Waals surface area contributed by atoms with Gasteiger partial charge in [-0.05, 0) is 24.1 Å². The van der Waals surface area contributed by atoms with E-state index in [9.17, 15) is 14.9 Å². The summed E-state index contributed by atoms with van der Waals surface area (Å²) in [6.45, 7) is 4.65. The number of hydrazone groups is 1. The molecule has 26 heavy (non-hydrogen) atoms. The van der Waals surface area contributed by atoms with Crippen LogP contribution in [0.25, 0.3) is 0 Å². The quantitative estimate of drug-likeness (QED) is 0.541. The minimum Gasteiger partial charge on any atom is -0.410 e. The average molecular weight is 427 g/mol. The molecular formula is C16H19BrN4O5. The van der Waals surface area contributed by atoms with Gasteiger partial charge in [0.1, 0.15) is 10.9 Å². The average Bonchev–Trinajstić information content (AvgIpc) is 3.14. The van der Waals surface area contributed by atoms with Crippen molar-refractivity contribution in [2.24, 2.45) is 16.9 Å². The summed E-state index contributed by atoms with van der Waals surface area (Å²) in [5.41, 5.74) is 0. The normalized spacial score (nSPS) is 24.3. The van der Waals surface area contributed by atoms with Crippen molar-refractivity contribution in [1.82, 2.24) is 9.80 Å². The van der Waals surface area contributed by atoms with Crippen molar-refractivity contribution in [2.75, 3.05) is 32.8 Å². The van der Waals surface area contributed by atoms with E-state index < -0.39 is 11.1 Å². The number of guanidine groups is 1. The van der Waals surface area contributed by atoms with E-state index >= 15 is 0 Å². The number of benzene rings is 1. The molecule has 0 spiro atoms. The summed E-state index contributed by atoms with van der Waals surface area (Å²) in [4.78, 5) is 26.4. The Bertz CT molecular complexity index is 728. The second-order valence-corrected chi connectivity index (χ2v) is 7.25. The molecule has 9 nitrogen and oxygen atoms in total. The first-order valence-corrected chi connectivity index (χ1v) is 9.04. The van der Waals surface area contributed by atoms with Gasteiger partial charge in [0.2, 0.25) is 0 Å². The van der Waals surface area contributed by atoms with Crippen LogP contribution in [0.1, 0.15) is 6.92 Å². The van der Waals surface area contributed by atoms with Crippen LogP contribution in [0, 0.1) is 22.0 Å². The maximum Gasteiger partial charge on any atom is 0.422 e. The van der Waals surface area contributed by atoms with Crippen molar-refractivity contribution in [3.05, 3.63) is 38.9 Å². The van der Waals surface area contributed by atoms with Crippen molar-refractivity contribution in [2.45, 2.75) is 6.92 Å². The lowest BCUT2D eigenvalue weighted by molar-refractivity contribution is -0.486. The van der Waals surface area contributed by atoms with Crippen LogP contribution in [0.4, 0.5) is 4.79 Å². The molecule has 3 rings (SSSR count). The third-order valence-electron chi connectivity index (χ3n) is 4.48. The minimum atomic E-state index is -0.790. The molecule has 0 aromatic heterocycles. The zero-order valence-electron chi connectivity index (χ0n) is 14.2. The summed E-state index contributed by atoms with van der Waals surface area (Å²) in [5, 5.41) is 13.6. The Labute approximate surface area is 158 Å². The lowest BCUT2D eigenvalue weighted by Crippen LogP contribution is -2.42. The Kier molecular flexibility index (Phi) is 5.72. The highest BCUT2D eigenvalue weighted by Gasteiger charge is 2.38. The lowest BCUT2D eigenvalue weighted by atomic mass is 9.98. The molecule has 140 valence electrons. The third-order valence-corrected chi connectivity index (χ3v) is 4.98. The van der Waals surface area contributed by atoms with Crippen LogP contribution in [0.5, 0.6) is 5.75 Å². The number of halogens is 1. The molecule has 2 atom stereocenters. The van der Waals surface area contributed by atoms with E-state index in [1.54, 1.807) is 29.2 Å². The maximum atomic E-state index is 12.5. The SMILES string of the molecule is CC1COCC1CN1CCN(C(=O)Oc2cccc(Br)c2)C1=N[N+](=O)[O-]. The molecule has 10 heteroatoms. The van der Waals surface area contributed by atoms with Gasteiger partial charge in [0.05, 0.1) is 13.2 Å². The van der Waals surface area contributed by atoms with Crippen LogP contribution in [-0.2, 0) is 4.74 Å². The molecule has 0 saturated carbocycles. The smallest absolute Gasteiger partial charge is 0.410 e. The fourth-order valence-electron chi connectivity index (χ4n) is 3.04. The summed E-state index contributed by atoms with van der Waals surface area (Å²) in [6.07, 6.45) is -0.693. The molecule has 0 aliphatic carbocycles. The van der Waals surface area contributed by atoms with Crippen molar-refractivity contribution in [1.29, 1.82) is 0 Å². The predicted molar refractivity (Wildman–Crippen MR) is 96.3 cm³/mol. The molecule has 0 radical (unpaired) electrons. The van der Waals surface area contributed by atoms with E-state index in [1.165, 1.54) is 4.90 Å². The summed E-state index contributed by atoms with van der Waals surface area (Å²) >= 11 is 3.31. The molecular weight excluding hydrogens is 408 g/mol. The van der Waals surface area contributed by atoms with Gasteiger partial charge in [-0.15, -0.1) is 0 Å². The van der Waals surface area contributed by atoms with E-state index in [0.717, 1.165) is 4.47 Å². The molecule has 2 aliphatic rings. The summed E-state index contributed by atoms with van der Waals surface area (Å²) in [5.74, 6) is 0.956. The van der Waals surface area contributed by atoms with Crippen LogP contribution < -0.4 is 4.74 Å². The van der Waals surface area contributed by atoms with E-state index in [0.29, 0.717) is 38.0 Å². The number of carbonyl (C=O) groups is 1. The van der Waals surface area contributed by atoms with Crippen LogP contribution in [0.15, 0.2) is 33.8 Å². The van der Waals surface area contributed by atoms with Gasteiger partial charge in [0, 0.05) is 30.1 Å². The molecule has 2 heterocycles. The number of hydrogen-bond acceptors (Lipinski definition) is 5. The Hall–Kier alpha value is -2.20. The van der Waals surface area contributed by atoms with Crippen LogP contribution in [0.3, 0.4) is 0 Å². The first-order valence-electron chi connectivity index (χ1n) is 8.24. The Morgan fingerprint density at radius 3 is 2.92 bits per heavy atom. The molecule has 2 unspecified atom stereocenters. The van der Waals surface area contributed by atoms with E-state index in [-0.39, 0.29) is 18.4 Å². The van der Waals surface area contributed by atoms with Crippen LogP contribution in [-0.4, -0.2) is 59.7 Å². The second-order valence-electron chi connectivity index (χ2n) is 6.34. The first kappa shape index (κ1) is 18.6. The Morgan fingerprint density at radius 1 is 1.46 bits per heavy atom. The summed E-state index contributed by atoms with van der Waals surface area (Å²) < 4.78 is 11.5. The number of ether oxygens (including phenoxy) is 2. The highest BCUT2D eigenvalue weighted by molar-refractivity contribution is 9.10. The topological polar surface area (TPSA) is 97.5 Å². The van der Waals surface area contributed by atoms with Gasteiger partial charge >= 0.3 is 6.09 Å². The number of carbonyl (C=O) groups excluding carboxylic acids is 1. The van der Waals surface area contributed by atoms with E-state index in [1.807, 2.05) is 0 Å².